The van der Waals surface area contributed by atoms with E-state index in [1.807, 2.05) is 17.0 Å². The first kappa shape index (κ1) is 17.2. The second kappa shape index (κ2) is 8.46. The van der Waals surface area contributed by atoms with Gasteiger partial charge in [-0.05, 0) is 17.7 Å². The van der Waals surface area contributed by atoms with Crippen molar-refractivity contribution in [1.29, 1.82) is 0 Å². The van der Waals surface area contributed by atoms with Gasteiger partial charge in [0.15, 0.2) is 0 Å². The monoisotopic (exact) mass is 332 g/mol. The Labute approximate surface area is 144 Å². The van der Waals surface area contributed by atoms with Crippen LogP contribution in [0.1, 0.15) is 12.0 Å². The molecule has 132 valence electrons. The van der Waals surface area contributed by atoms with E-state index >= 15 is 0 Å². The zero-order valence-corrected chi connectivity index (χ0v) is 14.3. The maximum Gasteiger partial charge on any atom is 0.223 e. The molecule has 2 aliphatic rings. The summed E-state index contributed by atoms with van der Waals surface area (Å²) in [5.41, 5.74) is 1.15. The molecule has 6 nitrogen and oxygen atoms in total. The summed E-state index contributed by atoms with van der Waals surface area (Å²) in [5.74, 6) is 0.622. The summed E-state index contributed by atoms with van der Waals surface area (Å²) in [6.07, 6.45) is 0.632. The van der Waals surface area contributed by atoms with Gasteiger partial charge in [0.25, 0.3) is 0 Å². The quantitative estimate of drug-likeness (QED) is 0.814. The molecule has 3 rings (SSSR count). The minimum absolute atomic E-state index is 0.290. The lowest BCUT2D eigenvalue weighted by Gasteiger charge is -2.35. The van der Waals surface area contributed by atoms with Crippen molar-refractivity contribution in [3.05, 3.63) is 29.8 Å². The summed E-state index contributed by atoms with van der Waals surface area (Å²) in [6.45, 7) is 9.30. The molecule has 1 aromatic rings. The zero-order chi connectivity index (χ0) is 16.8. The summed E-state index contributed by atoms with van der Waals surface area (Å²) >= 11 is 0. The van der Waals surface area contributed by atoms with Crippen LogP contribution in [0, 0.1) is 0 Å². The molecule has 2 fully saturated rings. The summed E-state index contributed by atoms with van der Waals surface area (Å²) in [5, 5.41) is 12.8. The van der Waals surface area contributed by atoms with Crippen molar-refractivity contribution in [2.75, 3.05) is 58.9 Å². The van der Waals surface area contributed by atoms with Crippen LogP contribution in [0.4, 0.5) is 0 Å². The standard InChI is InChI=1S/C18H28N4O2/c23-17-3-1-2-16(14-17)15-21-12-10-20(11-13-21)7-4-18(24)22-8-5-19-6-9-22/h1-3,14,19,23H,4-13,15H2. The Morgan fingerprint density at radius 2 is 1.75 bits per heavy atom. The third kappa shape index (κ3) is 4.93. The number of benzene rings is 1. The number of hydrogen-bond acceptors (Lipinski definition) is 5. The number of rotatable bonds is 5. The first-order chi connectivity index (χ1) is 11.7. The second-order valence-electron chi connectivity index (χ2n) is 6.67. The maximum absolute atomic E-state index is 12.2. The van der Waals surface area contributed by atoms with Crippen molar-refractivity contribution in [3.63, 3.8) is 0 Å². The zero-order valence-electron chi connectivity index (χ0n) is 14.3. The van der Waals surface area contributed by atoms with Gasteiger partial charge >= 0.3 is 0 Å². The van der Waals surface area contributed by atoms with E-state index in [-0.39, 0.29) is 0 Å². The highest BCUT2D eigenvalue weighted by atomic mass is 16.3. The highest BCUT2D eigenvalue weighted by Gasteiger charge is 2.20. The molecular formula is C18H28N4O2. The van der Waals surface area contributed by atoms with Gasteiger partial charge in [0.2, 0.25) is 5.91 Å². The lowest BCUT2D eigenvalue weighted by molar-refractivity contribution is -0.132. The van der Waals surface area contributed by atoms with Crippen LogP contribution in [-0.4, -0.2) is 84.6 Å². The molecule has 0 unspecified atom stereocenters. The maximum atomic E-state index is 12.2. The van der Waals surface area contributed by atoms with Crippen molar-refractivity contribution in [1.82, 2.24) is 20.0 Å². The summed E-state index contributed by atoms with van der Waals surface area (Å²) < 4.78 is 0. The molecule has 0 radical (unpaired) electrons. The second-order valence-corrected chi connectivity index (χ2v) is 6.67. The van der Waals surface area contributed by atoms with Crippen molar-refractivity contribution >= 4 is 5.91 Å². The molecule has 0 spiro atoms. The lowest BCUT2D eigenvalue weighted by Crippen LogP contribution is -2.49. The smallest absolute Gasteiger partial charge is 0.223 e. The number of nitrogens with zero attached hydrogens (tertiary/aromatic N) is 3. The van der Waals surface area contributed by atoms with Crippen LogP contribution in [0.25, 0.3) is 0 Å². The van der Waals surface area contributed by atoms with Gasteiger partial charge in [-0.3, -0.25) is 9.69 Å². The van der Waals surface area contributed by atoms with Crippen LogP contribution in [-0.2, 0) is 11.3 Å². The Hall–Kier alpha value is -1.63. The molecular weight excluding hydrogens is 304 g/mol. The van der Waals surface area contributed by atoms with Gasteiger partial charge in [-0.2, -0.15) is 0 Å². The molecule has 2 N–H and O–H groups in total. The van der Waals surface area contributed by atoms with E-state index in [0.717, 1.165) is 71.0 Å². The summed E-state index contributed by atoms with van der Waals surface area (Å²) in [7, 11) is 0. The highest BCUT2D eigenvalue weighted by Crippen LogP contribution is 2.14. The number of hydrogen-bond donors (Lipinski definition) is 2. The van der Waals surface area contributed by atoms with Crippen LogP contribution >= 0.6 is 0 Å². The van der Waals surface area contributed by atoms with E-state index in [1.54, 1.807) is 6.07 Å². The molecule has 0 atom stereocenters. The molecule has 0 aliphatic carbocycles. The normalized spacial score (nSPS) is 20.2. The van der Waals surface area contributed by atoms with Gasteiger partial charge < -0.3 is 20.2 Å². The topological polar surface area (TPSA) is 59.1 Å². The van der Waals surface area contributed by atoms with Gasteiger partial charge in [0.1, 0.15) is 5.75 Å². The molecule has 1 aromatic carbocycles. The Morgan fingerprint density at radius 3 is 2.46 bits per heavy atom. The number of nitrogens with one attached hydrogen (secondary N) is 1. The molecule has 2 heterocycles. The fraction of sp³-hybridized carbons (Fsp3) is 0.611. The third-order valence-electron chi connectivity index (χ3n) is 4.89. The Kier molecular flexibility index (Phi) is 6.07. The number of phenolic OH excluding ortho intramolecular Hbond substituents is 1. The van der Waals surface area contributed by atoms with Gasteiger partial charge in [0.05, 0.1) is 0 Å². The molecule has 1 amide bonds. The molecule has 0 bridgehead atoms. The average molecular weight is 332 g/mol. The summed E-state index contributed by atoms with van der Waals surface area (Å²) in [4.78, 5) is 19.0. The number of piperazine rings is 2. The number of aromatic hydroxyl groups is 1. The van der Waals surface area contributed by atoms with Crippen LogP contribution in [0.5, 0.6) is 5.75 Å². The first-order valence-corrected chi connectivity index (χ1v) is 8.92. The lowest BCUT2D eigenvalue weighted by atomic mass is 10.2. The molecule has 24 heavy (non-hydrogen) atoms. The van der Waals surface area contributed by atoms with Crippen LogP contribution in [0.3, 0.4) is 0 Å². The molecule has 0 saturated carbocycles. The van der Waals surface area contributed by atoms with Gasteiger partial charge in [0, 0.05) is 71.9 Å². The fourth-order valence-corrected chi connectivity index (χ4v) is 3.41. The Balaban J connectivity index is 1.36. The fourth-order valence-electron chi connectivity index (χ4n) is 3.41. The third-order valence-corrected chi connectivity index (χ3v) is 4.89. The van der Waals surface area contributed by atoms with Crippen LogP contribution in [0.15, 0.2) is 24.3 Å². The minimum Gasteiger partial charge on any atom is -0.508 e. The van der Waals surface area contributed by atoms with Crippen molar-refractivity contribution in [3.8, 4) is 5.75 Å². The SMILES string of the molecule is O=C(CCN1CCN(Cc2cccc(O)c2)CC1)N1CCNCC1. The Bertz CT molecular complexity index is 538. The van der Waals surface area contributed by atoms with E-state index in [9.17, 15) is 9.90 Å². The molecule has 2 saturated heterocycles. The van der Waals surface area contributed by atoms with Crippen molar-refractivity contribution in [2.24, 2.45) is 0 Å². The minimum atomic E-state index is 0.290. The summed E-state index contributed by atoms with van der Waals surface area (Å²) in [6, 6.07) is 7.48. The van der Waals surface area contributed by atoms with Crippen LogP contribution in [0.2, 0.25) is 0 Å². The highest BCUT2D eigenvalue weighted by molar-refractivity contribution is 5.76. The van der Waals surface area contributed by atoms with E-state index in [0.29, 0.717) is 18.1 Å². The van der Waals surface area contributed by atoms with Crippen LogP contribution < -0.4 is 5.32 Å². The largest absolute Gasteiger partial charge is 0.508 e. The number of phenols is 1. The molecule has 0 aromatic heterocycles. The van der Waals surface area contributed by atoms with E-state index in [2.05, 4.69) is 21.2 Å². The first-order valence-electron chi connectivity index (χ1n) is 8.92. The van der Waals surface area contributed by atoms with Gasteiger partial charge in [-0.15, -0.1) is 0 Å². The van der Waals surface area contributed by atoms with E-state index in [4.69, 9.17) is 0 Å². The molecule has 2 aliphatic heterocycles. The van der Waals surface area contributed by atoms with Crippen molar-refractivity contribution < 1.29 is 9.90 Å². The Morgan fingerprint density at radius 1 is 1.04 bits per heavy atom. The number of carbonyl (C=O) groups excluding carboxylic acids is 1. The van der Waals surface area contributed by atoms with E-state index in [1.165, 1.54) is 0 Å². The van der Waals surface area contributed by atoms with Gasteiger partial charge in [-0.1, -0.05) is 12.1 Å². The number of amides is 1. The van der Waals surface area contributed by atoms with Crippen molar-refractivity contribution in [2.45, 2.75) is 13.0 Å². The average Bonchev–Trinajstić information content (AvgIpc) is 2.62. The predicted molar refractivity (Wildman–Crippen MR) is 93.9 cm³/mol. The molecule has 6 heteroatoms. The van der Waals surface area contributed by atoms with Gasteiger partial charge in [-0.25, -0.2) is 0 Å². The van der Waals surface area contributed by atoms with E-state index < -0.39 is 0 Å². The number of carbonyl (C=O) groups is 1. The predicted octanol–water partition coefficient (Wildman–Crippen LogP) is 0.332.